The van der Waals surface area contributed by atoms with Gasteiger partial charge in [-0.25, -0.2) is 23.0 Å². The second-order valence-electron chi connectivity index (χ2n) is 10.0. The maximum Gasteiger partial charge on any atom is 0.490 e. The first-order chi connectivity index (χ1) is 18.7. The van der Waals surface area contributed by atoms with E-state index in [1.54, 1.807) is 19.1 Å². The summed E-state index contributed by atoms with van der Waals surface area (Å²) in [4.78, 5) is 29.6. The van der Waals surface area contributed by atoms with Crippen LogP contribution in [0, 0.1) is 19.8 Å². The van der Waals surface area contributed by atoms with E-state index in [2.05, 4.69) is 19.5 Å². The van der Waals surface area contributed by atoms with Crippen LogP contribution in [0.1, 0.15) is 47.2 Å². The number of piperidine rings is 1. The maximum absolute atomic E-state index is 13.2. The van der Waals surface area contributed by atoms with E-state index >= 15 is 0 Å². The van der Waals surface area contributed by atoms with Crippen molar-refractivity contribution >= 4 is 33.5 Å². The van der Waals surface area contributed by atoms with Crippen LogP contribution in [0.3, 0.4) is 0 Å². The van der Waals surface area contributed by atoms with Crippen molar-refractivity contribution in [3.8, 4) is 0 Å². The zero-order valence-corrected chi connectivity index (χ0v) is 23.1. The van der Waals surface area contributed by atoms with E-state index in [0.29, 0.717) is 17.3 Å². The molecule has 4 rings (SSSR count). The number of aromatic nitrogens is 1. The number of nitrogens with one attached hydrogen (secondary N) is 1. The standard InChI is InChI=1S/C24H32N4O4S.C2HF3O2/c1-17-7-8-22(18(2)12-17)33(31,32)26-21-13-20(24(29)30)14-25-23(21)28-11-5-6-19(16-28)15-27-9-3-4-10-27;3-2(4,5)1(6)7/h7-8,12-14,19,26H,3-6,9-11,15-16H2,1-2H3,(H,29,30);(H,6,7). The molecule has 3 heterocycles. The fourth-order valence-corrected chi connectivity index (χ4v) is 6.22. The number of aryl methyl sites for hydroxylation is 2. The van der Waals surface area contributed by atoms with Gasteiger partial charge in [0.05, 0.1) is 16.1 Å². The summed E-state index contributed by atoms with van der Waals surface area (Å²) in [6, 6.07) is 6.51. The lowest BCUT2D eigenvalue weighted by Crippen LogP contribution is -2.41. The van der Waals surface area contributed by atoms with E-state index in [9.17, 15) is 31.5 Å². The molecule has 1 aromatic heterocycles. The van der Waals surface area contributed by atoms with Crippen LogP contribution in [0.25, 0.3) is 0 Å². The Labute approximate surface area is 230 Å². The van der Waals surface area contributed by atoms with Crippen LogP contribution in [-0.4, -0.2) is 79.4 Å². The molecule has 3 N–H and O–H groups in total. The van der Waals surface area contributed by atoms with E-state index < -0.39 is 28.1 Å². The largest absolute Gasteiger partial charge is 0.490 e. The molecule has 1 atom stereocenters. The molecule has 1 aromatic carbocycles. The van der Waals surface area contributed by atoms with Crippen LogP contribution in [0.2, 0.25) is 0 Å². The van der Waals surface area contributed by atoms with Gasteiger partial charge >= 0.3 is 18.1 Å². The van der Waals surface area contributed by atoms with Crippen LogP contribution < -0.4 is 9.62 Å². The number of benzene rings is 1. The van der Waals surface area contributed by atoms with Crippen molar-refractivity contribution in [3.05, 3.63) is 47.2 Å². The highest BCUT2D eigenvalue weighted by molar-refractivity contribution is 7.92. The van der Waals surface area contributed by atoms with Gasteiger partial charge in [0.15, 0.2) is 5.82 Å². The highest BCUT2D eigenvalue weighted by Crippen LogP contribution is 2.32. The molecule has 10 nitrogen and oxygen atoms in total. The average Bonchev–Trinajstić information content (AvgIpc) is 3.36. The summed E-state index contributed by atoms with van der Waals surface area (Å²) in [5.74, 6) is -2.94. The van der Waals surface area contributed by atoms with E-state index in [4.69, 9.17) is 9.90 Å². The lowest BCUT2D eigenvalue weighted by atomic mass is 9.97. The SMILES string of the molecule is Cc1ccc(S(=O)(=O)Nc2cc(C(=O)O)cnc2N2CCCC(CN3CCCC3)C2)c(C)c1.O=C(O)C(F)(F)F. The van der Waals surface area contributed by atoms with Gasteiger partial charge in [-0.3, -0.25) is 4.72 Å². The van der Waals surface area contributed by atoms with Gasteiger partial charge in [-0.2, -0.15) is 13.2 Å². The summed E-state index contributed by atoms with van der Waals surface area (Å²) in [6.07, 6.45) is 0.836. The van der Waals surface area contributed by atoms with Crippen LogP contribution in [0.15, 0.2) is 35.4 Å². The molecule has 2 saturated heterocycles. The molecule has 2 fully saturated rings. The molecule has 0 spiro atoms. The monoisotopic (exact) mass is 586 g/mol. The van der Waals surface area contributed by atoms with Crippen LogP contribution in [0.5, 0.6) is 0 Å². The molecule has 0 saturated carbocycles. The lowest BCUT2D eigenvalue weighted by molar-refractivity contribution is -0.192. The van der Waals surface area contributed by atoms with Gasteiger partial charge in [0.1, 0.15) is 0 Å². The second kappa shape index (κ2) is 12.9. The third-order valence-electron chi connectivity index (χ3n) is 6.75. The van der Waals surface area contributed by atoms with E-state index in [-0.39, 0.29) is 16.1 Å². The number of halogens is 3. The Morgan fingerprint density at radius 3 is 2.30 bits per heavy atom. The molecule has 2 aliphatic heterocycles. The number of alkyl halides is 3. The Morgan fingerprint density at radius 1 is 1.07 bits per heavy atom. The predicted octanol–water partition coefficient (Wildman–Crippen LogP) is 4.14. The predicted molar refractivity (Wildman–Crippen MR) is 142 cm³/mol. The number of rotatable bonds is 7. The summed E-state index contributed by atoms with van der Waals surface area (Å²) < 4.78 is 60.8. The number of anilines is 2. The molecule has 0 aliphatic carbocycles. The third kappa shape index (κ3) is 8.31. The topological polar surface area (TPSA) is 140 Å². The molecule has 40 heavy (non-hydrogen) atoms. The Balaban J connectivity index is 0.000000559. The zero-order valence-electron chi connectivity index (χ0n) is 22.2. The fourth-order valence-electron chi connectivity index (χ4n) is 4.94. The van der Waals surface area contributed by atoms with E-state index in [0.717, 1.165) is 51.1 Å². The van der Waals surface area contributed by atoms with Gasteiger partial charge in [-0.1, -0.05) is 17.7 Å². The minimum atomic E-state index is -5.08. The summed E-state index contributed by atoms with van der Waals surface area (Å²) in [6.45, 7) is 8.51. The van der Waals surface area contributed by atoms with E-state index in [1.165, 1.54) is 25.1 Å². The summed E-state index contributed by atoms with van der Waals surface area (Å²) in [5, 5.41) is 16.6. The molecule has 2 aliphatic rings. The molecule has 14 heteroatoms. The molecular weight excluding hydrogens is 553 g/mol. The fraction of sp³-hybridized carbons (Fsp3) is 0.500. The number of nitrogens with zero attached hydrogens (tertiary/aromatic N) is 3. The van der Waals surface area contributed by atoms with Gasteiger partial charge in [0.25, 0.3) is 10.0 Å². The number of sulfonamides is 1. The minimum Gasteiger partial charge on any atom is -0.478 e. The first kappa shape index (κ1) is 31.1. The van der Waals surface area contributed by atoms with Crippen LogP contribution in [-0.2, 0) is 14.8 Å². The van der Waals surface area contributed by atoms with Gasteiger partial charge in [-0.15, -0.1) is 0 Å². The number of hydrogen-bond acceptors (Lipinski definition) is 7. The number of aliphatic carboxylic acids is 1. The molecule has 220 valence electrons. The summed E-state index contributed by atoms with van der Waals surface area (Å²) in [7, 11) is -3.91. The number of carboxylic acids is 2. The van der Waals surface area contributed by atoms with Crippen molar-refractivity contribution in [2.75, 3.05) is 42.3 Å². The quantitative estimate of drug-likeness (QED) is 0.437. The van der Waals surface area contributed by atoms with Crippen LogP contribution in [0.4, 0.5) is 24.7 Å². The average molecular weight is 587 g/mol. The molecule has 0 bridgehead atoms. The molecule has 2 aromatic rings. The highest BCUT2D eigenvalue weighted by atomic mass is 32.2. The molecular formula is C26H33F3N4O6S. The van der Waals surface area contributed by atoms with Crippen molar-refractivity contribution < 1.29 is 41.4 Å². The first-order valence-corrected chi connectivity index (χ1v) is 14.3. The van der Waals surface area contributed by atoms with Gasteiger partial charge in [-0.05, 0) is 76.2 Å². The van der Waals surface area contributed by atoms with Crippen molar-refractivity contribution in [2.24, 2.45) is 5.92 Å². The number of pyridine rings is 1. The molecule has 0 amide bonds. The Morgan fingerprint density at radius 2 is 1.73 bits per heavy atom. The number of carboxylic acid groups (broad SMARTS) is 2. The number of carbonyl (C=O) groups is 2. The van der Waals surface area contributed by atoms with Gasteiger partial charge in [0.2, 0.25) is 0 Å². The third-order valence-corrected chi connectivity index (χ3v) is 8.28. The second-order valence-corrected chi connectivity index (χ2v) is 11.7. The summed E-state index contributed by atoms with van der Waals surface area (Å²) in [5.41, 5.74) is 1.76. The van der Waals surface area contributed by atoms with E-state index in [1.807, 2.05) is 13.0 Å². The van der Waals surface area contributed by atoms with Crippen LogP contribution >= 0.6 is 0 Å². The maximum atomic E-state index is 13.2. The zero-order chi connectivity index (χ0) is 29.7. The van der Waals surface area contributed by atoms with Crippen molar-refractivity contribution in [1.29, 1.82) is 0 Å². The van der Waals surface area contributed by atoms with Gasteiger partial charge < -0.3 is 20.0 Å². The minimum absolute atomic E-state index is 0.0531. The molecule has 0 radical (unpaired) electrons. The molecule has 1 unspecified atom stereocenters. The van der Waals surface area contributed by atoms with Crippen molar-refractivity contribution in [1.82, 2.24) is 9.88 Å². The number of likely N-dealkylation sites (tertiary alicyclic amines) is 1. The smallest absolute Gasteiger partial charge is 0.478 e. The normalized spacial score (nSPS) is 18.1. The number of hydrogen-bond donors (Lipinski definition) is 3. The van der Waals surface area contributed by atoms with Gasteiger partial charge in [0, 0.05) is 25.8 Å². The first-order valence-electron chi connectivity index (χ1n) is 12.8. The Bertz CT molecular complexity index is 1330. The number of aromatic carboxylic acids is 1. The Hall–Kier alpha value is -3.39. The lowest BCUT2D eigenvalue weighted by Gasteiger charge is -2.36. The van der Waals surface area contributed by atoms with Crippen molar-refractivity contribution in [3.63, 3.8) is 0 Å². The highest BCUT2D eigenvalue weighted by Gasteiger charge is 2.38. The van der Waals surface area contributed by atoms with Crippen molar-refractivity contribution in [2.45, 2.75) is 50.6 Å². The Kier molecular flexibility index (Phi) is 10.0. The summed E-state index contributed by atoms with van der Waals surface area (Å²) >= 11 is 0.